The molecular weight excluding hydrogens is 367 g/mol. The molecule has 1 aliphatic carbocycles. The van der Waals surface area contributed by atoms with E-state index in [0.717, 1.165) is 43.4 Å². The van der Waals surface area contributed by atoms with Crippen molar-refractivity contribution in [2.24, 2.45) is 0 Å². The second-order valence-electron chi connectivity index (χ2n) is 6.81. The first-order chi connectivity index (χ1) is 12.9. The zero-order valence-electron chi connectivity index (χ0n) is 14.9. The molecule has 3 rings (SSSR count). The van der Waals surface area contributed by atoms with Gasteiger partial charge in [-0.3, -0.25) is 4.79 Å². The van der Waals surface area contributed by atoms with Crippen LogP contribution in [0.5, 0.6) is 0 Å². The van der Waals surface area contributed by atoms with E-state index in [9.17, 15) is 17.6 Å². The zero-order chi connectivity index (χ0) is 19.3. The number of rotatable bonds is 7. The van der Waals surface area contributed by atoms with Crippen molar-refractivity contribution >= 4 is 15.9 Å². The van der Waals surface area contributed by atoms with Gasteiger partial charge in [0.2, 0.25) is 15.9 Å². The Morgan fingerprint density at radius 2 is 1.67 bits per heavy atom. The maximum absolute atomic E-state index is 13.1. The molecular formula is C20H23FN2O3S. The Balaban J connectivity index is 1.79. The van der Waals surface area contributed by atoms with Gasteiger partial charge in [0.15, 0.2) is 0 Å². The quantitative estimate of drug-likeness (QED) is 0.763. The van der Waals surface area contributed by atoms with Gasteiger partial charge in [-0.15, -0.1) is 0 Å². The molecule has 5 nitrogen and oxygen atoms in total. The lowest BCUT2D eigenvalue weighted by molar-refractivity contribution is -0.123. The van der Waals surface area contributed by atoms with E-state index < -0.39 is 21.9 Å². The number of carbonyl (C=O) groups is 1. The van der Waals surface area contributed by atoms with Crippen LogP contribution in [0.4, 0.5) is 4.39 Å². The molecule has 0 radical (unpaired) electrons. The van der Waals surface area contributed by atoms with Crippen molar-refractivity contribution in [2.75, 3.05) is 0 Å². The van der Waals surface area contributed by atoms with Crippen molar-refractivity contribution in [2.45, 2.75) is 49.1 Å². The van der Waals surface area contributed by atoms with Gasteiger partial charge in [0.1, 0.15) is 11.9 Å². The van der Waals surface area contributed by atoms with Crippen LogP contribution in [-0.2, 0) is 21.2 Å². The highest BCUT2D eigenvalue weighted by Crippen LogP contribution is 2.18. The zero-order valence-corrected chi connectivity index (χ0v) is 15.7. The number of carbonyl (C=O) groups excluding carboxylic acids is 1. The third-order valence-corrected chi connectivity index (χ3v) is 6.21. The summed E-state index contributed by atoms with van der Waals surface area (Å²) in [4.78, 5) is 12.7. The van der Waals surface area contributed by atoms with Gasteiger partial charge in [-0.2, -0.15) is 4.72 Å². The number of hydrogen-bond acceptors (Lipinski definition) is 3. The number of hydrogen-bond donors (Lipinski definition) is 2. The van der Waals surface area contributed by atoms with Crippen LogP contribution in [0.1, 0.15) is 31.2 Å². The molecule has 1 amide bonds. The van der Waals surface area contributed by atoms with Crippen molar-refractivity contribution < 1.29 is 17.6 Å². The minimum absolute atomic E-state index is 0.0735. The maximum atomic E-state index is 13.1. The van der Waals surface area contributed by atoms with E-state index >= 15 is 0 Å². The van der Waals surface area contributed by atoms with Crippen molar-refractivity contribution in [1.29, 1.82) is 0 Å². The smallest absolute Gasteiger partial charge is 0.241 e. The lowest BCUT2D eigenvalue weighted by Crippen LogP contribution is -2.50. The van der Waals surface area contributed by atoms with Crippen LogP contribution in [0.2, 0.25) is 0 Å². The molecule has 1 fully saturated rings. The Bertz CT molecular complexity index is 864. The SMILES string of the molecule is O=C(NC1CCCC1)[C@@H](Cc1ccccc1)NS(=O)(=O)c1ccc(F)cc1. The van der Waals surface area contributed by atoms with Gasteiger partial charge in [0, 0.05) is 6.04 Å². The van der Waals surface area contributed by atoms with E-state index in [4.69, 9.17) is 0 Å². The molecule has 1 atom stereocenters. The van der Waals surface area contributed by atoms with Crippen LogP contribution in [0.25, 0.3) is 0 Å². The van der Waals surface area contributed by atoms with E-state index in [2.05, 4.69) is 10.0 Å². The fourth-order valence-electron chi connectivity index (χ4n) is 3.28. The van der Waals surface area contributed by atoms with Crippen LogP contribution >= 0.6 is 0 Å². The summed E-state index contributed by atoms with van der Waals surface area (Å²) in [5.41, 5.74) is 0.853. The number of nitrogens with one attached hydrogen (secondary N) is 2. The number of halogens is 1. The monoisotopic (exact) mass is 390 g/mol. The van der Waals surface area contributed by atoms with Gasteiger partial charge in [0.05, 0.1) is 4.90 Å². The first kappa shape index (κ1) is 19.5. The first-order valence-corrected chi connectivity index (χ1v) is 10.5. The number of benzene rings is 2. The molecule has 1 saturated carbocycles. The standard InChI is InChI=1S/C20H23FN2O3S/c21-16-10-12-18(13-11-16)27(25,26)23-19(14-15-6-2-1-3-7-15)20(24)22-17-8-4-5-9-17/h1-3,6-7,10-13,17,19,23H,4-5,8-9,14H2,(H,22,24)/t19-/m1/s1. The number of sulfonamides is 1. The summed E-state index contributed by atoms with van der Waals surface area (Å²) in [5, 5.41) is 2.96. The summed E-state index contributed by atoms with van der Waals surface area (Å²) in [7, 11) is -3.95. The Labute approximate surface area is 159 Å². The molecule has 7 heteroatoms. The Kier molecular flexibility index (Phi) is 6.23. The van der Waals surface area contributed by atoms with Crippen LogP contribution < -0.4 is 10.0 Å². The van der Waals surface area contributed by atoms with Gasteiger partial charge in [-0.05, 0) is 49.1 Å². The molecule has 2 N–H and O–H groups in total. The lowest BCUT2D eigenvalue weighted by Gasteiger charge is -2.21. The van der Waals surface area contributed by atoms with E-state index in [1.807, 2.05) is 30.3 Å². The predicted molar refractivity (Wildman–Crippen MR) is 101 cm³/mol. The third-order valence-electron chi connectivity index (χ3n) is 4.72. The second-order valence-corrected chi connectivity index (χ2v) is 8.52. The third kappa shape index (κ3) is 5.37. The highest BCUT2D eigenvalue weighted by atomic mass is 32.2. The van der Waals surface area contributed by atoms with Crippen LogP contribution in [0.3, 0.4) is 0 Å². The van der Waals surface area contributed by atoms with Gasteiger partial charge in [-0.25, -0.2) is 12.8 Å². The molecule has 0 unspecified atom stereocenters. The van der Waals surface area contributed by atoms with Crippen molar-refractivity contribution in [3.05, 3.63) is 66.0 Å². The molecule has 1 aliphatic rings. The van der Waals surface area contributed by atoms with Crippen LogP contribution in [0, 0.1) is 5.82 Å². The van der Waals surface area contributed by atoms with Gasteiger partial charge in [-0.1, -0.05) is 43.2 Å². The molecule has 0 aromatic heterocycles. The summed E-state index contributed by atoms with van der Waals surface area (Å²) >= 11 is 0. The van der Waals surface area contributed by atoms with Crippen LogP contribution in [0.15, 0.2) is 59.5 Å². The Morgan fingerprint density at radius 3 is 2.30 bits per heavy atom. The van der Waals surface area contributed by atoms with E-state index in [1.165, 1.54) is 12.1 Å². The van der Waals surface area contributed by atoms with Gasteiger partial charge >= 0.3 is 0 Å². The minimum atomic E-state index is -3.95. The largest absolute Gasteiger partial charge is 0.352 e. The lowest BCUT2D eigenvalue weighted by atomic mass is 10.1. The molecule has 0 bridgehead atoms. The van der Waals surface area contributed by atoms with Crippen molar-refractivity contribution in [3.8, 4) is 0 Å². The normalized spacial score (nSPS) is 16.2. The van der Waals surface area contributed by atoms with E-state index in [1.54, 1.807) is 0 Å². The predicted octanol–water partition coefficient (Wildman–Crippen LogP) is 2.77. The fraction of sp³-hybridized carbons (Fsp3) is 0.350. The first-order valence-electron chi connectivity index (χ1n) is 9.06. The molecule has 144 valence electrons. The van der Waals surface area contributed by atoms with E-state index in [-0.39, 0.29) is 23.3 Å². The van der Waals surface area contributed by atoms with Crippen molar-refractivity contribution in [3.63, 3.8) is 0 Å². The maximum Gasteiger partial charge on any atom is 0.241 e. The van der Waals surface area contributed by atoms with Crippen molar-refractivity contribution in [1.82, 2.24) is 10.0 Å². The summed E-state index contributed by atoms with van der Waals surface area (Å²) < 4.78 is 40.9. The molecule has 0 heterocycles. The Morgan fingerprint density at radius 1 is 1.04 bits per heavy atom. The minimum Gasteiger partial charge on any atom is -0.352 e. The highest BCUT2D eigenvalue weighted by molar-refractivity contribution is 7.89. The summed E-state index contributed by atoms with van der Waals surface area (Å²) in [5.74, 6) is -0.856. The molecule has 27 heavy (non-hydrogen) atoms. The summed E-state index contributed by atoms with van der Waals surface area (Å²) in [6, 6.07) is 12.9. The second kappa shape index (κ2) is 8.63. The van der Waals surface area contributed by atoms with Gasteiger partial charge in [0.25, 0.3) is 0 Å². The molecule has 2 aromatic rings. The van der Waals surface area contributed by atoms with E-state index in [0.29, 0.717) is 0 Å². The number of amides is 1. The molecule has 0 spiro atoms. The molecule has 0 aliphatic heterocycles. The Hall–Kier alpha value is -2.25. The average molecular weight is 390 g/mol. The topological polar surface area (TPSA) is 75.3 Å². The highest BCUT2D eigenvalue weighted by Gasteiger charge is 2.28. The average Bonchev–Trinajstić information content (AvgIpc) is 3.15. The van der Waals surface area contributed by atoms with Crippen LogP contribution in [-0.4, -0.2) is 26.4 Å². The molecule has 2 aromatic carbocycles. The summed E-state index contributed by atoms with van der Waals surface area (Å²) in [6.45, 7) is 0. The summed E-state index contributed by atoms with van der Waals surface area (Å²) in [6.07, 6.45) is 4.19. The molecule has 0 saturated heterocycles. The van der Waals surface area contributed by atoms with Gasteiger partial charge < -0.3 is 5.32 Å². The fourth-order valence-corrected chi connectivity index (χ4v) is 4.47.